The van der Waals surface area contributed by atoms with Gasteiger partial charge in [-0.05, 0) is 30.7 Å². The molecule has 1 aliphatic heterocycles. The van der Waals surface area contributed by atoms with E-state index < -0.39 is 22.7 Å². The number of hydrogen-bond acceptors (Lipinski definition) is 4. The Morgan fingerprint density at radius 2 is 2.03 bits per heavy atom. The number of carbonyl (C=O) groups is 1. The summed E-state index contributed by atoms with van der Waals surface area (Å²) in [5, 5.41) is 10.8. The third-order valence-corrected chi connectivity index (χ3v) is 5.08. The predicted molar refractivity (Wildman–Crippen MR) is 105 cm³/mol. The van der Waals surface area contributed by atoms with Gasteiger partial charge in [0.25, 0.3) is 5.91 Å². The maximum Gasteiger partial charge on any atom is 0.417 e. The molecule has 0 radical (unpaired) electrons. The van der Waals surface area contributed by atoms with Gasteiger partial charge in [0.1, 0.15) is 0 Å². The number of benzene rings is 1. The number of halogens is 4. The molecule has 0 saturated carbocycles. The second-order valence-electron chi connectivity index (χ2n) is 6.47. The molecule has 2 heterocycles. The highest BCUT2D eigenvalue weighted by Crippen LogP contribution is 2.36. The zero-order valence-electron chi connectivity index (χ0n) is 15.5. The molecule has 29 heavy (non-hydrogen) atoms. The van der Waals surface area contributed by atoms with E-state index in [1.165, 1.54) is 11.0 Å². The molecule has 5 nitrogen and oxygen atoms in total. The summed E-state index contributed by atoms with van der Waals surface area (Å²) < 4.78 is 39.2. The van der Waals surface area contributed by atoms with E-state index in [2.05, 4.69) is 10.3 Å². The zero-order valence-corrected chi connectivity index (χ0v) is 16.2. The summed E-state index contributed by atoms with van der Waals surface area (Å²) in [4.78, 5) is 18.2. The number of carbonyl (C=O) groups excluding carboxylic acids is 1. The monoisotopic (exact) mass is 422 g/mol. The van der Waals surface area contributed by atoms with Crippen molar-refractivity contribution in [1.82, 2.24) is 15.2 Å². The molecule has 0 aliphatic carbocycles. The van der Waals surface area contributed by atoms with Gasteiger partial charge in [0.15, 0.2) is 0 Å². The molecule has 1 aromatic carbocycles. The molecule has 1 amide bonds. The zero-order chi connectivity index (χ0) is 21.2. The molecule has 2 N–H and O–H groups in total. The Labute approximate surface area is 170 Å². The van der Waals surface area contributed by atoms with Crippen molar-refractivity contribution in [2.24, 2.45) is 0 Å². The van der Waals surface area contributed by atoms with Crippen molar-refractivity contribution in [3.8, 4) is 0 Å². The van der Waals surface area contributed by atoms with Crippen LogP contribution < -0.4 is 5.32 Å². The van der Waals surface area contributed by atoms with Gasteiger partial charge in [-0.3, -0.25) is 9.78 Å². The summed E-state index contributed by atoms with van der Waals surface area (Å²) in [7, 11) is 1.74. The molecule has 0 bridgehead atoms. The van der Waals surface area contributed by atoms with Crippen LogP contribution in [0.1, 0.15) is 27.9 Å². The Bertz CT molecular complexity index is 973. The Morgan fingerprint density at radius 1 is 1.28 bits per heavy atom. The summed E-state index contributed by atoms with van der Waals surface area (Å²) in [6.07, 6.45) is -0.950. The minimum atomic E-state index is -4.65. The molecule has 9 heteroatoms. The van der Waals surface area contributed by atoms with Crippen molar-refractivity contribution in [3.05, 3.63) is 70.0 Å². The van der Waals surface area contributed by atoms with E-state index in [0.29, 0.717) is 6.42 Å². The second kappa shape index (κ2) is 8.24. The lowest BCUT2D eigenvalue weighted by atomic mass is 9.96. The Balaban J connectivity index is 1.86. The van der Waals surface area contributed by atoms with Crippen LogP contribution in [0.2, 0.25) is 5.02 Å². The number of nitrogens with zero attached hydrogens (tertiary/aromatic N) is 2. The van der Waals surface area contributed by atoms with Crippen molar-refractivity contribution in [3.63, 3.8) is 0 Å². The van der Waals surface area contributed by atoms with Crippen molar-refractivity contribution in [2.75, 3.05) is 20.1 Å². The lowest BCUT2D eigenvalue weighted by Crippen LogP contribution is -2.42. The number of amides is 1. The largest absolute Gasteiger partial charge is 0.417 e. The van der Waals surface area contributed by atoms with Crippen LogP contribution in [0.25, 0.3) is 5.70 Å². The molecule has 0 atom stereocenters. The van der Waals surface area contributed by atoms with Gasteiger partial charge in [0.2, 0.25) is 0 Å². The summed E-state index contributed by atoms with van der Waals surface area (Å²) in [5.74, 6) is -0.628. The molecule has 1 aliphatic rings. The van der Waals surface area contributed by atoms with Crippen LogP contribution >= 0.6 is 11.6 Å². The van der Waals surface area contributed by atoms with E-state index in [1.54, 1.807) is 25.5 Å². The third kappa shape index (κ3) is 4.27. The number of alkyl halides is 3. The lowest BCUT2D eigenvalue weighted by molar-refractivity contribution is -0.137. The number of pyridine rings is 1. The van der Waals surface area contributed by atoms with Crippen molar-refractivity contribution in [2.45, 2.75) is 12.6 Å². The lowest BCUT2D eigenvalue weighted by Gasteiger charge is -2.31. The van der Waals surface area contributed by atoms with Crippen molar-refractivity contribution >= 4 is 28.9 Å². The van der Waals surface area contributed by atoms with Gasteiger partial charge in [-0.25, -0.2) is 0 Å². The van der Waals surface area contributed by atoms with Crippen molar-refractivity contribution < 1.29 is 18.0 Å². The van der Waals surface area contributed by atoms with Gasteiger partial charge in [0, 0.05) is 42.8 Å². The number of likely N-dealkylation sites (tertiary alicyclic amines) is 1. The van der Waals surface area contributed by atoms with E-state index in [-0.39, 0.29) is 24.4 Å². The van der Waals surface area contributed by atoms with Crippen LogP contribution in [0.15, 0.2) is 48.3 Å². The Morgan fingerprint density at radius 3 is 2.62 bits per heavy atom. The first kappa shape index (κ1) is 20.9. The van der Waals surface area contributed by atoms with E-state index in [9.17, 15) is 18.0 Å². The minimum absolute atomic E-state index is 0.0216. The van der Waals surface area contributed by atoms with Crippen LogP contribution in [-0.2, 0) is 6.18 Å². The highest BCUT2D eigenvalue weighted by molar-refractivity contribution is 6.34. The SMILES string of the molecule is CN/C(=C1/CCN(C(=O)c2cccc(C(F)(F)F)c2Cl)CC1=N)c1cccnc1. The van der Waals surface area contributed by atoms with Crippen LogP contribution in [0.3, 0.4) is 0 Å². The first-order chi connectivity index (χ1) is 13.7. The fourth-order valence-electron chi connectivity index (χ4n) is 3.28. The van der Waals surface area contributed by atoms with E-state index >= 15 is 0 Å². The minimum Gasteiger partial charge on any atom is -0.387 e. The average molecular weight is 423 g/mol. The standard InChI is InChI=1S/C20H18ClF3N4O/c1-26-18(12-4-3-8-27-10-12)13-7-9-28(11-16(13)25)19(29)14-5-2-6-15(17(14)21)20(22,23)24/h2-6,8,10,25-26H,7,9,11H2,1H3/b18-13-,25-16?. The molecule has 1 fully saturated rings. The van der Waals surface area contributed by atoms with Crippen LogP contribution in [0.4, 0.5) is 13.2 Å². The maximum atomic E-state index is 13.1. The summed E-state index contributed by atoms with van der Waals surface area (Å²) >= 11 is 5.88. The maximum absolute atomic E-state index is 13.1. The molecule has 1 aromatic heterocycles. The van der Waals surface area contributed by atoms with E-state index in [0.717, 1.165) is 29.0 Å². The fourth-order valence-corrected chi connectivity index (χ4v) is 3.59. The molecule has 0 spiro atoms. The normalized spacial score (nSPS) is 16.6. The number of piperidine rings is 1. The summed E-state index contributed by atoms with van der Waals surface area (Å²) in [6, 6.07) is 6.91. The van der Waals surface area contributed by atoms with Gasteiger partial charge < -0.3 is 15.6 Å². The fraction of sp³-hybridized carbons (Fsp3) is 0.250. The number of hydrogen-bond donors (Lipinski definition) is 2. The van der Waals surface area contributed by atoms with Gasteiger partial charge in [0.05, 0.1) is 28.4 Å². The Hall–Kier alpha value is -2.87. The summed E-state index contributed by atoms with van der Waals surface area (Å²) in [5.41, 5.74) is 1.23. The van der Waals surface area contributed by atoms with Gasteiger partial charge in [-0.15, -0.1) is 0 Å². The quantitative estimate of drug-likeness (QED) is 0.777. The van der Waals surface area contributed by atoms with Crippen LogP contribution in [0, 0.1) is 5.41 Å². The van der Waals surface area contributed by atoms with E-state index in [1.807, 2.05) is 6.07 Å². The topological polar surface area (TPSA) is 69.1 Å². The van der Waals surface area contributed by atoms with Crippen molar-refractivity contribution in [1.29, 1.82) is 5.41 Å². The molecular formula is C20H18ClF3N4O. The number of nitrogens with one attached hydrogen (secondary N) is 2. The number of aromatic nitrogens is 1. The average Bonchev–Trinajstić information content (AvgIpc) is 2.69. The summed E-state index contributed by atoms with van der Waals surface area (Å²) in [6.45, 7) is 0.237. The molecule has 1 saturated heterocycles. The first-order valence-electron chi connectivity index (χ1n) is 8.78. The van der Waals surface area contributed by atoms with Gasteiger partial charge in [-0.1, -0.05) is 17.7 Å². The molecule has 3 rings (SSSR count). The van der Waals surface area contributed by atoms with Crippen LogP contribution in [-0.4, -0.2) is 41.6 Å². The highest BCUT2D eigenvalue weighted by Gasteiger charge is 2.36. The smallest absolute Gasteiger partial charge is 0.387 e. The molecular weight excluding hydrogens is 405 g/mol. The third-order valence-electron chi connectivity index (χ3n) is 4.67. The predicted octanol–water partition coefficient (Wildman–Crippen LogP) is 4.25. The first-order valence-corrected chi connectivity index (χ1v) is 9.16. The van der Waals surface area contributed by atoms with Crippen LogP contribution in [0.5, 0.6) is 0 Å². The highest BCUT2D eigenvalue weighted by atomic mass is 35.5. The Kier molecular flexibility index (Phi) is 5.93. The molecule has 152 valence electrons. The molecule has 0 unspecified atom stereocenters. The number of rotatable bonds is 3. The van der Waals surface area contributed by atoms with Gasteiger partial charge >= 0.3 is 6.18 Å². The molecule has 2 aromatic rings. The second-order valence-corrected chi connectivity index (χ2v) is 6.84. The van der Waals surface area contributed by atoms with E-state index in [4.69, 9.17) is 17.0 Å². The van der Waals surface area contributed by atoms with Gasteiger partial charge in [-0.2, -0.15) is 13.2 Å².